The van der Waals surface area contributed by atoms with E-state index in [0.29, 0.717) is 11.8 Å². The molecule has 0 radical (unpaired) electrons. The Bertz CT molecular complexity index is 718. The van der Waals surface area contributed by atoms with Crippen LogP contribution in [0, 0.1) is 11.8 Å². The molecule has 3 N–H and O–H groups in total. The summed E-state index contributed by atoms with van der Waals surface area (Å²) in [6.07, 6.45) is 2.14. The number of ether oxygens (including phenoxy) is 1. The Balaban J connectivity index is 1.42. The maximum Gasteiger partial charge on any atom is 0.242 e. The van der Waals surface area contributed by atoms with Gasteiger partial charge in [0.1, 0.15) is 6.54 Å². The molecule has 126 valence electrons. The number of nitrogens with zero attached hydrogens (tertiary/aromatic N) is 4. The molecule has 1 aliphatic carbocycles. The fraction of sp³-hybridized carbons (Fsp3) is 0.500. The highest BCUT2D eigenvalue weighted by Crippen LogP contribution is 2.45. The molecular weight excluding hydrogens is 308 g/mol. The van der Waals surface area contributed by atoms with Gasteiger partial charge in [0.15, 0.2) is 0 Å². The molecule has 4 rings (SSSR count). The lowest BCUT2D eigenvalue weighted by Crippen LogP contribution is -2.62. The van der Waals surface area contributed by atoms with Crippen molar-refractivity contribution in [2.45, 2.75) is 31.5 Å². The molecule has 2 fully saturated rings. The first-order valence-corrected chi connectivity index (χ1v) is 8.19. The summed E-state index contributed by atoms with van der Waals surface area (Å²) in [5, 5.41) is 13.9. The van der Waals surface area contributed by atoms with Crippen LogP contribution in [0.15, 0.2) is 30.3 Å². The standard InChI is InChI=1S/C16H20N6O2/c17-16-19-20-21-22(16)9-13(23)18-14-11-6-7-24-15(11)12(14)8-10-4-2-1-3-5-10/h1-5,11-12,14-15H,6-9H2,(H,18,23)(H2,17,19,21)/t11-,12+,14-,15-/m0/s1. The van der Waals surface area contributed by atoms with E-state index in [1.54, 1.807) is 0 Å². The summed E-state index contributed by atoms with van der Waals surface area (Å²) in [6.45, 7) is 0.804. The van der Waals surface area contributed by atoms with Crippen molar-refractivity contribution < 1.29 is 9.53 Å². The number of nitrogens with one attached hydrogen (secondary N) is 1. The number of hydrogen-bond donors (Lipinski definition) is 2. The molecule has 2 heterocycles. The number of hydrogen-bond acceptors (Lipinski definition) is 6. The second kappa shape index (κ2) is 6.20. The van der Waals surface area contributed by atoms with E-state index in [9.17, 15) is 4.79 Å². The van der Waals surface area contributed by atoms with E-state index in [4.69, 9.17) is 10.5 Å². The van der Waals surface area contributed by atoms with Crippen LogP contribution < -0.4 is 11.1 Å². The van der Waals surface area contributed by atoms with Gasteiger partial charge in [0.25, 0.3) is 0 Å². The minimum absolute atomic E-state index is 0.0334. The molecule has 1 amide bonds. The molecule has 4 atom stereocenters. The Morgan fingerprint density at radius 1 is 1.38 bits per heavy atom. The Hall–Kier alpha value is -2.48. The number of nitrogens with two attached hydrogens (primary N) is 1. The first-order chi connectivity index (χ1) is 11.7. The summed E-state index contributed by atoms with van der Waals surface area (Å²) in [5.41, 5.74) is 6.87. The van der Waals surface area contributed by atoms with Gasteiger partial charge in [-0.15, -0.1) is 0 Å². The van der Waals surface area contributed by atoms with Crippen LogP contribution in [0.25, 0.3) is 0 Å². The van der Waals surface area contributed by atoms with Gasteiger partial charge in [-0.1, -0.05) is 35.4 Å². The predicted molar refractivity (Wildman–Crippen MR) is 85.6 cm³/mol. The van der Waals surface area contributed by atoms with Crippen LogP contribution >= 0.6 is 0 Å². The third kappa shape index (κ3) is 2.73. The van der Waals surface area contributed by atoms with Crippen molar-refractivity contribution in [3.05, 3.63) is 35.9 Å². The van der Waals surface area contributed by atoms with E-state index in [-0.39, 0.29) is 30.5 Å². The number of carbonyl (C=O) groups excluding carboxylic acids is 1. The van der Waals surface area contributed by atoms with Crippen LogP contribution in [0.5, 0.6) is 0 Å². The van der Waals surface area contributed by atoms with Crippen LogP contribution in [-0.2, 0) is 22.5 Å². The number of anilines is 1. The predicted octanol–water partition coefficient (Wildman–Crippen LogP) is 0.0177. The number of aromatic nitrogens is 4. The van der Waals surface area contributed by atoms with Crippen molar-refractivity contribution in [1.29, 1.82) is 0 Å². The third-order valence-electron chi connectivity index (χ3n) is 5.02. The summed E-state index contributed by atoms with van der Waals surface area (Å²) in [5.74, 6) is 0.716. The zero-order chi connectivity index (χ0) is 16.5. The fourth-order valence-electron chi connectivity index (χ4n) is 3.86. The number of benzene rings is 1. The number of fused-ring (bicyclic) bond motifs is 1. The topological polar surface area (TPSA) is 108 Å². The molecule has 2 aliphatic rings. The molecule has 1 saturated carbocycles. The van der Waals surface area contributed by atoms with Crippen LogP contribution in [0.2, 0.25) is 0 Å². The zero-order valence-corrected chi connectivity index (χ0v) is 13.2. The molecule has 8 nitrogen and oxygen atoms in total. The first-order valence-electron chi connectivity index (χ1n) is 8.19. The quantitative estimate of drug-likeness (QED) is 0.801. The highest BCUT2D eigenvalue weighted by atomic mass is 16.5. The Labute approximate surface area is 139 Å². The summed E-state index contributed by atoms with van der Waals surface area (Å²) in [7, 11) is 0. The third-order valence-corrected chi connectivity index (χ3v) is 5.02. The molecule has 2 aromatic rings. The highest BCUT2D eigenvalue weighted by Gasteiger charge is 2.53. The number of rotatable bonds is 5. The molecule has 0 bridgehead atoms. The van der Waals surface area contributed by atoms with Crippen molar-refractivity contribution in [3.8, 4) is 0 Å². The van der Waals surface area contributed by atoms with Crippen LogP contribution in [0.3, 0.4) is 0 Å². The van der Waals surface area contributed by atoms with Gasteiger partial charge in [0, 0.05) is 24.5 Å². The lowest BCUT2D eigenvalue weighted by Gasteiger charge is -2.48. The largest absolute Gasteiger partial charge is 0.377 e. The van der Waals surface area contributed by atoms with E-state index >= 15 is 0 Å². The lowest BCUT2D eigenvalue weighted by molar-refractivity contribution is -0.128. The van der Waals surface area contributed by atoms with Crippen LogP contribution in [0.1, 0.15) is 12.0 Å². The van der Waals surface area contributed by atoms with Crippen molar-refractivity contribution >= 4 is 11.9 Å². The monoisotopic (exact) mass is 328 g/mol. The van der Waals surface area contributed by atoms with Crippen molar-refractivity contribution in [2.24, 2.45) is 11.8 Å². The Kier molecular flexibility index (Phi) is 3.89. The molecule has 24 heavy (non-hydrogen) atoms. The van der Waals surface area contributed by atoms with Gasteiger partial charge in [-0.25, -0.2) is 4.68 Å². The summed E-state index contributed by atoms with van der Waals surface area (Å²) >= 11 is 0. The van der Waals surface area contributed by atoms with Crippen LogP contribution in [0.4, 0.5) is 5.95 Å². The molecule has 1 aromatic heterocycles. The van der Waals surface area contributed by atoms with Gasteiger partial charge in [0.05, 0.1) is 6.10 Å². The summed E-state index contributed by atoms with van der Waals surface area (Å²) < 4.78 is 7.16. The van der Waals surface area contributed by atoms with E-state index < -0.39 is 0 Å². The van der Waals surface area contributed by atoms with Gasteiger partial charge in [-0.05, 0) is 28.8 Å². The molecule has 0 unspecified atom stereocenters. The summed E-state index contributed by atoms with van der Waals surface area (Å²) in [4.78, 5) is 12.3. The molecule has 0 spiro atoms. The maximum absolute atomic E-state index is 12.3. The smallest absolute Gasteiger partial charge is 0.242 e. The van der Waals surface area contributed by atoms with Gasteiger partial charge in [0.2, 0.25) is 11.9 Å². The van der Waals surface area contributed by atoms with E-state index in [0.717, 1.165) is 19.4 Å². The molecule has 1 aromatic carbocycles. The van der Waals surface area contributed by atoms with Gasteiger partial charge < -0.3 is 15.8 Å². The van der Waals surface area contributed by atoms with E-state index in [1.165, 1.54) is 10.2 Å². The number of tetrazole rings is 1. The van der Waals surface area contributed by atoms with E-state index in [1.807, 2.05) is 18.2 Å². The summed E-state index contributed by atoms with van der Waals surface area (Å²) in [6, 6.07) is 10.4. The van der Waals surface area contributed by atoms with Crippen molar-refractivity contribution in [2.75, 3.05) is 12.3 Å². The average Bonchev–Trinajstić information content (AvgIpc) is 3.19. The van der Waals surface area contributed by atoms with Gasteiger partial charge in [-0.2, -0.15) is 0 Å². The Morgan fingerprint density at radius 3 is 2.96 bits per heavy atom. The average molecular weight is 328 g/mol. The SMILES string of the molecule is Nc1nnnn1CC(=O)N[C@@H]1[C@@H](Cc2ccccc2)[C@H]2OCC[C@@H]12. The molecule has 1 saturated heterocycles. The second-order valence-electron chi connectivity index (χ2n) is 6.43. The maximum atomic E-state index is 12.3. The number of carbonyl (C=O) groups is 1. The lowest BCUT2D eigenvalue weighted by atomic mass is 9.64. The molecule has 1 aliphatic heterocycles. The van der Waals surface area contributed by atoms with Crippen LogP contribution in [-0.4, -0.2) is 44.9 Å². The molecule has 8 heteroatoms. The minimum Gasteiger partial charge on any atom is -0.377 e. The fourth-order valence-corrected chi connectivity index (χ4v) is 3.86. The van der Waals surface area contributed by atoms with Crippen molar-refractivity contribution in [1.82, 2.24) is 25.5 Å². The Morgan fingerprint density at radius 2 is 2.21 bits per heavy atom. The second-order valence-corrected chi connectivity index (χ2v) is 6.43. The first kappa shape index (κ1) is 15.1. The van der Waals surface area contributed by atoms with Gasteiger partial charge in [-0.3, -0.25) is 4.79 Å². The number of amides is 1. The molecular formula is C16H20N6O2. The van der Waals surface area contributed by atoms with Crippen molar-refractivity contribution in [3.63, 3.8) is 0 Å². The van der Waals surface area contributed by atoms with Gasteiger partial charge >= 0.3 is 0 Å². The zero-order valence-electron chi connectivity index (χ0n) is 13.2. The minimum atomic E-state index is -0.123. The highest BCUT2D eigenvalue weighted by molar-refractivity contribution is 5.76. The number of nitrogen functional groups attached to an aromatic ring is 1. The normalized spacial score (nSPS) is 28.2. The van der Waals surface area contributed by atoms with E-state index in [2.05, 4.69) is 33.0 Å².